The molecule has 0 heterocycles. The van der Waals surface area contributed by atoms with Gasteiger partial charge >= 0.3 is 0 Å². The van der Waals surface area contributed by atoms with Gasteiger partial charge in [0.2, 0.25) is 0 Å². The summed E-state index contributed by atoms with van der Waals surface area (Å²) in [6.07, 6.45) is 0. The lowest BCUT2D eigenvalue weighted by atomic mass is 9.97. The highest BCUT2D eigenvalue weighted by atomic mass is 16.2. The Morgan fingerprint density at radius 3 is 1.34 bits per heavy atom. The Balaban J connectivity index is 3.54. The van der Waals surface area contributed by atoms with Crippen molar-refractivity contribution in [3.63, 3.8) is 0 Å². The van der Waals surface area contributed by atoms with Crippen LogP contribution < -0.4 is 4.48 Å². The predicted octanol–water partition coefficient (Wildman–Crippen LogP) is 4.31. The molecule has 0 unspecified atom stereocenters. The van der Waals surface area contributed by atoms with Gasteiger partial charge in [0.25, 0.3) is 11.8 Å². The number of nitrogens with zero attached hydrogens (tertiary/aromatic N) is 3. The molecular formula is C24H42N3O2+. The van der Waals surface area contributed by atoms with Gasteiger partial charge in [0, 0.05) is 25.2 Å². The van der Waals surface area contributed by atoms with Gasteiger partial charge in [-0.2, -0.15) is 0 Å². The minimum Gasteiger partial charge on any atom is -0.336 e. The first kappa shape index (κ1) is 25.2. The van der Waals surface area contributed by atoms with Gasteiger partial charge in [-0.15, -0.1) is 0 Å². The van der Waals surface area contributed by atoms with Gasteiger partial charge in [-0.25, -0.2) is 0 Å². The maximum atomic E-state index is 13.4. The molecule has 0 aliphatic rings. The van der Waals surface area contributed by atoms with Crippen LogP contribution in [0.2, 0.25) is 0 Å². The third-order valence-corrected chi connectivity index (χ3v) is 6.11. The quantitative estimate of drug-likeness (QED) is 0.686. The molecular weight excluding hydrogens is 362 g/mol. The van der Waals surface area contributed by atoms with E-state index in [-0.39, 0.29) is 46.0 Å². The van der Waals surface area contributed by atoms with Crippen LogP contribution in [-0.4, -0.2) is 65.4 Å². The topological polar surface area (TPSA) is 40.6 Å². The molecule has 1 aromatic rings. The van der Waals surface area contributed by atoms with E-state index in [9.17, 15) is 9.59 Å². The number of amides is 2. The van der Waals surface area contributed by atoms with Gasteiger partial charge in [0.1, 0.15) is 5.69 Å². The van der Waals surface area contributed by atoms with Crippen LogP contribution in [0.5, 0.6) is 0 Å². The highest BCUT2D eigenvalue weighted by Crippen LogP contribution is 2.34. The first-order valence-corrected chi connectivity index (χ1v) is 10.4. The van der Waals surface area contributed by atoms with Crippen molar-refractivity contribution < 1.29 is 9.59 Å². The number of hydrogen-bond donors (Lipinski definition) is 0. The second-order valence-electron chi connectivity index (χ2n) is 11.0. The van der Waals surface area contributed by atoms with Crippen molar-refractivity contribution in [2.24, 2.45) is 0 Å². The summed E-state index contributed by atoms with van der Waals surface area (Å²) in [5, 5.41) is 0. The molecule has 1 aromatic carbocycles. The molecule has 5 nitrogen and oxygen atoms in total. The molecule has 0 spiro atoms. The molecule has 0 saturated carbocycles. The van der Waals surface area contributed by atoms with Crippen molar-refractivity contribution in [1.82, 2.24) is 14.3 Å². The van der Waals surface area contributed by atoms with E-state index >= 15 is 0 Å². The van der Waals surface area contributed by atoms with E-state index < -0.39 is 0 Å². The van der Waals surface area contributed by atoms with Gasteiger partial charge in [0.15, 0.2) is 13.1 Å². The van der Waals surface area contributed by atoms with Crippen molar-refractivity contribution in [3.8, 4) is 0 Å². The monoisotopic (exact) mass is 404 g/mol. The number of para-hydroxylation sites is 1. The van der Waals surface area contributed by atoms with Crippen LogP contribution in [0.15, 0.2) is 30.3 Å². The van der Waals surface area contributed by atoms with Crippen LogP contribution in [0.3, 0.4) is 0 Å². The summed E-state index contributed by atoms with van der Waals surface area (Å²) in [7, 11) is 3.68. The number of hydrogen-bond acceptors (Lipinski definition) is 2. The third kappa shape index (κ3) is 5.81. The lowest BCUT2D eigenvalue weighted by Crippen LogP contribution is -2.69. The molecule has 0 N–H and O–H groups in total. The van der Waals surface area contributed by atoms with Crippen molar-refractivity contribution in [2.45, 2.75) is 78.9 Å². The number of likely N-dealkylation sites (N-methyl/N-ethyl adjacent to an activating group) is 2. The van der Waals surface area contributed by atoms with Crippen molar-refractivity contribution >= 4 is 17.5 Å². The fourth-order valence-corrected chi connectivity index (χ4v) is 3.24. The second-order valence-corrected chi connectivity index (χ2v) is 11.0. The summed E-state index contributed by atoms with van der Waals surface area (Å²) < 4.78 is 0.270. The van der Waals surface area contributed by atoms with E-state index in [1.807, 2.05) is 86.0 Å². The molecule has 5 heteroatoms. The molecule has 0 radical (unpaired) electrons. The minimum atomic E-state index is -0.357. The van der Waals surface area contributed by atoms with Gasteiger partial charge in [0.05, 0.1) is 5.54 Å². The Hall–Kier alpha value is -1.88. The number of carbonyl (C=O) groups is 2. The molecule has 0 bridgehead atoms. The van der Waals surface area contributed by atoms with Gasteiger partial charge in [-0.3, -0.25) is 14.1 Å². The van der Waals surface area contributed by atoms with E-state index in [0.29, 0.717) is 0 Å². The number of quaternary nitrogens is 1. The van der Waals surface area contributed by atoms with Gasteiger partial charge in [-0.1, -0.05) is 18.2 Å². The summed E-state index contributed by atoms with van der Waals surface area (Å²) in [6.45, 7) is 18.9. The third-order valence-electron chi connectivity index (χ3n) is 6.11. The van der Waals surface area contributed by atoms with E-state index in [4.69, 9.17) is 0 Å². The number of benzene rings is 1. The zero-order valence-electron chi connectivity index (χ0n) is 20.5. The maximum absolute atomic E-state index is 13.4. The van der Waals surface area contributed by atoms with Crippen LogP contribution in [-0.2, 0) is 9.59 Å². The van der Waals surface area contributed by atoms with Crippen molar-refractivity contribution in [1.29, 1.82) is 0 Å². The number of carbonyl (C=O) groups excluding carboxylic acids is 2. The van der Waals surface area contributed by atoms with Gasteiger partial charge < -0.3 is 9.80 Å². The highest BCUT2D eigenvalue weighted by molar-refractivity contribution is 5.85. The summed E-state index contributed by atoms with van der Waals surface area (Å²) in [6, 6.07) is 9.97. The highest BCUT2D eigenvalue weighted by Gasteiger charge is 2.48. The molecule has 0 aliphatic heterocycles. The lowest BCUT2D eigenvalue weighted by molar-refractivity contribution is -0.140. The lowest BCUT2D eigenvalue weighted by Gasteiger charge is -2.49. The number of rotatable bonds is 5. The van der Waals surface area contributed by atoms with Crippen LogP contribution >= 0.6 is 0 Å². The molecule has 0 saturated heterocycles. The molecule has 0 aliphatic carbocycles. The molecule has 0 fully saturated rings. The average molecular weight is 405 g/mol. The van der Waals surface area contributed by atoms with E-state index in [1.54, 1.807) is 9.80 Å². The minimum absolute atomic E-state index is 0.0301. The fourth-order valence-electron chi connectivity index (χ4n) is 3.24. The van der Waals surface area contributed by atoms with Crippen LogP contribution in [0.1, 0.15) is 62.3 Å². The Kier molecular flexibility index (Phi) is 7.35. The summed E-state index contributed by atoms with van der Waals surface area (Å²) >= 11 is 0. The van der Waals surface area contributed by atoms with Crippen LogP contribution in [0.25, 0.3) is 0 Å². The van der Waals surface area contributed by atoms with Gasteiger partial charge in [-0.05, 0) is 74.4 Å². The SMILES string of the molecule is CN(C(=O)C[N+](CC(=O)N(C)C(C)(C)C)(c1ccccc1)C(C)(C)C)C(C)(C)C. The predicted molar refractivity (Wildman–Crippen MR) is 123 cm³/mol. The van der Waals surface area contributed by atoms with E-state index in [1.165, 1.54) is 0 Å². The Bertz CT molecular complexity index is 672. The van der Waals surface area contributed by atoms with E-state index in [0.717, 1.165) is 5.69 Å². The van der Waals surface area contributed by atoms with Crippen molar-refractivity contribution in [3.05, 3.63) is 30.3 Å². The Labute approximate surface area is 178 Å². The summed E-state index contributed by atoms with van der Waals surface area (Å²) in [5.41, 5.74) is 0.0526. The maximum Gasteiger partial charge on any atom is 0.278 e. The largest absolute Gasteiger partial charge is 0.336 e. The first-order valence-electron chi connectivity index (χ1n) is 10.4. The zero-order chi connectivity index (χ0) is 22.8. The normalized spacial score (nSPS) is 13.2. The van der Waals surface area contributed by atoms with Crippen molar-refractivity contribution in [2.75, 3.05) is 27.2 Å². The standard InChI is InChI=1S/C24H42N3O2/c1-22(2,3)25(10)20(28)17-27(24(7,8)9,19-15-13-12-14-16-19)18-21(29)26(11)23(4,5)6/h12-16H,17-18H2,1-11H3/q+1. The summed E-state index contributed by atoms with van der Waals surface area (Å²) in [4.78, 5) is 30.3. The summed E-state index contributed by atoms with van der Waals surface area (Å²) in [5.74, 6) is 0.0602. The first-order chi connectivity index (χ1) is 12.9. The molecule has 0 atom stereocenters. The smallest absolute Gasteiger partial charge is 0.278 e. The van der Waals surface area contributed by atoms with E-state index in [2.05, 4.69) is 20.8 Å². The molecule has 29 heavy (non-hydrogen) atoms. The Morgan fingerprint density at radius 2 is 1.07 bits per heavy atom. The molecule has 1 rings (SSSR count). The van der Waals surface area contributed by atoms with Crippen LogP contribution in [0, 0.1) is 0 Å². The molecule has 164 valence electrons. The van der Waals surface area contributed by atoms with Crippen LogP contribution in [0.4, 0.5) is 5.69 Å². The zero-order valence-corrected chi connectivity index (χ0v) is 20.5. The molecule has 2 amide bonds. The Morgan fingerprint density at radius 1 is 0.724 bits per heavy atom. The fraction of sp³-hybridized carbons (Fsp3) is 0.667. The average Bonchev–Trinajstić information content (AvgIpc) is 2.57. The second kappa shape index (κ2) is 8.47. The molecule has 0 aromatic heterocycles.